The molecular formula is C48H65N3O27. The summed E-state index contributed by atoms with van der Waals surface area (Å²) in [7, 11) is 1.02. The summed E-state index contributed by atoms with van der Waals surface area (Å²) in [5.41, 5.74) is 0.617. The van der Waals surface area contributed by atoms with Crippen LogP contribution in [0, 0.1) is 0 Å². The average Bonchev–Trinajstić information content (AvgIpc) is 3.43. The lowest BCUT2D eigenvalue weighted by Crippen LogP contribution is -2.69. The van der Waals surface area contributed by atoms with Crippen molar-refractivity contribution >= 4 is 65.7 Å². The van der Waals surface area contributed by atoms with Crippen LogP contribution in [0.15, 0.2) is 30.3 Å². The molecule has 30 heteroatoms. The van der Waals surface area contributed by atoms with Crippen LogP contribution in [0.3, 0.4) is 0 Å². The molecule has 3 aliphatic rings. The van der Waals surface area contributed by atoms with Crippen molar-refractivity contribution in [2.75, 3.05) is 33.5 Å². The first-order chi connectivity index (χ1) is 36.8. The number of alkyl carbamates (subject to hydrolysis) is 1. The first-order valence-corrected chi connectivity index (χ1v) is 24.0. The Morgan fingerprint density at radius 2 is 0.962 bits per heavy atom. The SMILES string of the molecule is COC(=O)[C@H](CO[C@H]1O[C@H](CO[C@@H]2O[C@H](CO)[C@@H](O[C@@H]3O[C@H](COC(C)=O)[C@H](OC(C)=O)[C@H](OC(C)=O)[C@H]3OC(C)=O)[C@H](OC(C)=O)[C@H]2NC(C)=O)[C@H](OC(C)=O)[C@H](OC(C)=O)[C@H]1NC(C)=O)NC(=O)OCc1ccccc1. The van der Waals surface area contributed by atoms with E-state index < -0.39 is 190 Å². The van der Waals surface area contributed by atoms with Gasteiger partial charge in [-0.2, -0.15) is 0 Å². The molecule has 16 atom stereocenters. The van der Waals surface area contributed by atoms with Gasteiger partial charge in [-0.1, -0.05) is 30.3 Å². The topological polar surface area (TPSA) is 383 Å². The van der Waals surface area contributed by atoms with Gasteiger partial charge in [-0.25, -0.2) is 9.59 Å². The minimum absolute atomic E-state index is 0.189. The molecule has 4 rings (SSSR count). The third-order valence-corrected chi connectivity index (χ3v) is 11.2. The molecule has 0 aliphatic carbocycles. The van der Waals surface area contributed by atoms with Crippen LogP contribution in [-0.4, -0.2) is 202 Å². The smallest absolute Gasteiger partial charge is 0.408 e. The maximum atomic E-state index is 13.0. The van der Waals surface area contributed by atoms with E-state index in [1.54, 1.807) is 30.3 Å². The van der Waals surface area contributed by atoms with Crippen molar-refractivity contribution in [3.63, 3.8) is 0 Å². The normalized spacial score (nSPS) is 28.8. The number of aliphatic hydroxyl groups is 1. The van der Waals surface area contributed by atoms with Gasteiger partial charge in [0, 0.05) is 62.3 Å². The molecule has 1 aromatic rings. The second kappa shape index (κ2) is 30.2. The summed E-state index contributed by atoms with van der Waals surface area (Å²) in [6, 6.07) is 3.76. The Morgan fingerprint density at radius 3 is 1.46 bits per heavy atom. The van der Waals surface area contributed by atoms with Crippen molar-refractivity contribution in [3.05, 3.63) is 35.9 Å². The lowest BCUT2D eigenvalue weighted by atomic mass is 9.94. The van der Waals surface area contributed by atoms with E-state index in [1.807, 2.05) is 0 Å². The third-order valence-electron chi connectivity index (χ3n) is 11.2. The molecular weight excluding hydrogens is 1050 g/mol. The van der Waals surface area contributed by atoms with Crippen LogP contribution in [0.5, 0.6) is 0 Å². The quantitative estimate of drug-likeness (QED) is 0.0694. The molecule has 30 nitrogen and oxygen atoms in total. The summed E-state index contributed by atoms with van der Waals surface area (Å²) in [5, 5.41) is 18.3. The van der Waals surface area contributed by atoms with Crippen LogP contribution < -0.4 is 16.0 Å². The second-order valence-electron chi connectivity index (χ2n) is 17.6. The lowest BCUT2D eigenvalue weighted by Gasteiger charge is -2.49. The van der Waals surface area contributed by atoms with E-state index in [0.29, 0.717) is 5.56 Å². The minimum atomic E-state index is -1.94. The highest BCUT2D eigenvalue weighted by atomic mass is 16.8. The van der Waals surface area contributed by atoms with E-state index in [0.717, 1.165) is 69.4 Å². The van der Waals surface area contributed by atoms with Gasteiger partial charge in [0.15, 0.2) is 61.5 Å². The Bertz CT molecular complexity index is 2290. The highest BCUT2D eigenvalue weighted by molar-refractivity contribution is 5.81. The van der Waals surface area contributed by atoms with Gasteiger partial charge in [-0.15, -0.1) is 0 Å². The van der Waals surface area contributed by atoms with Crippen molar-refractivity contribution in [2.24, 2.45) is 0 Å². The standard InChI is InChI=1S/C48H65N3O27/c1-21(53)49-35-40(71-26(6)58)37(78-47-43(74-29(9)61)42(73-28(8)60)39(70-25(5)57)33(77-47)19-65-23(3)55)32(16-52)75-46(35)67-20-34-38(69-24(4)56)41(72-27(7)59)36(50-22(2)54)45(76-34)66-18-31(44(62)64-10)51-48(63)68-17-30-14-12-11-13-15-30/h11-15,31-43,45-47,52H,16-20H2,1-10H3,(H,49,53)(H,50,54)(H,51,63)/t31-,32+,33+,34+,35+,36+,37+,38-,39-,40+,41+,42-,43+,45-,46+,47-/m0/s1. The number of amides is 3. The molecule has 78 heavy (non-hydrogen) atoms. The number of hydrogen-bond donors (Lipinski definition) is 4. The molecule has 3 aliphatic heterocycles. The minimum Gasteiger partial charge on any atom is -0.467 e. The van der Waals surface area contributed by atoms with Gasteiger partial charge in [0.25, 0.3) is 0 Å². The van der Waals surface area contributed by atoms with E-state index in [4.69, 9.17) is 71.1 Å². The number of carbonyl (C=O) groups is 11. The van der Waals surface area contributed by atoms with Crippen LogP contribution in [0.2, 0.25) is 0 Å². The predicted octanol–water partition coefficient (Wildman–Crippen LogP) is -1.80. The van der Waals surface area contributed by atoms with Crippen LogP contribution >= 0.6 is 0 Å². The van der Waals surface area contributed by atoms with Gasteiger partial charge in [-0.3, -0.25) is 43.2 Å². The van der Waals surface area contributed by atoms with Gasteiger partial charge >= 0.3 is 53.8 Å². The molecule has 1 aromatic carbocycles. The van der Waals surface area contributed by atoms with Crippen molar-refractivity contribution in [2.45, 2.75) is 167 Å². The summed E-state index contributed by atoms with van der Waals surface area (Å²) >= 11 is 0. The zero-order valence-electron chi connectivity index (χ0n) is 44.2. The molecule has 0 unspecified atom stereocenters. The summed E-state index contributed by atoms with van der Waals surface area (Å²) in [4.78, 5) is 139. The molecule has 0 radical (unpaired) electrons. The largest absolute Gasteiger partial charge is 0.467 e. The molecule has 3 saturated heterocycles. The van der Waals surface area contributed by atoms with Crippen molar-refractivity contribution in [3.8, 4) is 0 Å². The number of hydrogen-bond acceptors (Lipinski definition) is 27. The number of nitrogens with one attached hydrogen (secondary N) is 3. The molecule has 3 fully saturated rings. The number of carbonyl (C=O) groups excluding carboxylic acids is 11. The summed E-state index contributed by atoms with van der Waals surface area (Å²) in [5.74, 6) is -9.21. The Morgan fingerprint density at radius 1 is 0.513 bits per heavy atom. The predicted molar refractivity (Wildman–Crippen MR) is 251 cm³/mol. The first kappa shape index (κ1) is 63.4. The molecule has 0 bridgehead atoms. The number of aliphatic hydroxyl groups excluding tert-OH is 1. The van der Waals surface area contributed by atoms with E-state index in [1.165, 1.54) is 0 Å². The fourth-order valence-electron chi connectivity index (χ4n) is 8.36. The van der Waals surface area contributed by atoms with E-state index in [9.17, 15) is 57.8 Å². The van der Waals surface area contributed by atoms with Gasteiger partial charge in [0.2, 0.25) is 11.8 Å². The maximum Gasteiger partial charge on any atom is 0.408 e. The summed E-state index contributed by atoms with van der Waals surface area (Å²) in [6.07, 6.45) is -23.5. The Hall–Kier alpha value is -7.09. The first-order valence-electron chi connectivity index (χ1n) is 24.0. The lowest BCUT2D eigenvalue weighted by molar-refractivity contribution is -0.353. The molecule has 0 saturated carbocycles. The van der Waals surface area contributed by atoms with E-state index in [-0.39, 0.29) is 6.61 Å². The van der Waals surface area contributed by atoms with Crippen LogP contribution in [0.1, 0.15) is 67.9 Å². The monoisotopic (exact) mass is 1120 g/mol. The number of benzene rings is 1. The molecule has 0 aromatic heterocycles. The van der Waals surface area contributed by atoms with Gasteiger partial charge in [0.05, 0.1) is 26.9 Å². The zero-order valence-corrected chi connectivity index (χ0v) is 44.2. The highest BCUT2D eigenvalue weighted by Gasteiger charge is 2.58. The fraction of sp³-hybridized carbons (Fsp3) is 0.646. The highest BCUT2D eigenvalue weighted by Crippen LogP contribution is 2.36. The zero-order chi connectivity index (χ0) is 58.0. The average molecular weight is 1120 g/mol. The third kappa shape index (κ3) is 19.1. The Balaban J connectivity index is 1.75. The molecule has 3 amide bonds. The van der Waals surface area contributed by atoms with Crippen molar-refractivity contribution in [1.82, 2.24) is 16.0 Å². The molecule has 434 valence electrons. The van der Waals surface area contributed by atoms with Crippen molar-refractivity contribution < 1.29 is 129 Å². The summed E-state index contributed by atoms with van der Waals surface area (Å²) < 4.78 is 85.7. The molecule has 4 N–H and O–H groups in total. The van der Waals surface area contributed by atoms with E-state index in [2.05, 4.69) is 16.0 Å². The second-order valence-corrected chi connectivity index (χ2v) is 17.6. The molecule has 3 heterocycles. The summed E-state index contributed by atoms with van der Waals surface area (Å²) in [6.45, 7) is 5.72. The number of rotatable bonds is 23. The Kier molecular flexibility index (Phi) is 24.5. The van der Waals surface area contributed by atoms with Crippen LogP contribution in [0.4, 0.5) is 4.79 Å². The van der Waals surface area contributed by atoms with Crippen molar-refractivity contribution in [1.29, 1.82) is 0 Å². The van der Waals surface area contributed by atoms with Crippen LogP contribution in [0.25, 0.3) is 0 Å². The maximum absolute atomic E-state index is 13.0. The Labute approximate surface area is 446 Å². The van der Waals surface area contributed by atoms with Gasteiger partial charge < -0.3 is 92.1 Å². The number of methoxy groups -OCH3 is 1. The molecule has 0 spiro atoms. The van der Waals surface area contributed by atoms with Gasteiger partial charge in [0.1, 0.15) is 49.7 Å². The fourth-order valence-corrected chi connectivity index (χ4v) is 8.36. The number of esters is 8. The number of ether oxygens (including phenoxy) is 15. The van der Waals surface area contributed by atoms with Gasteiger partial charge in [-0.05, 0) is 5.56 Å². The van der Waals surface area contributed by atoms with E-state index >= 15 is 0 Å². The van der Waals surface area contributed by atoms with Crippen LogP contribution in [-0.2, 0) is 126 Å².